The lowest BCUT2D eigenvalue weighted by Crippen LogP contribution is -2.39. The van der Waals surface area contributed by atoms with Gasteiger partial charge in [0, 0.05) is 16.4 Å². The lowest BCUT2D eigenvalue weighted by Gasteiger charge is -2.30. The average molecular weight is 308 g/mol. The summed E-state index contributed by atoms with van der Waals surface area (Å²) in [6, 6.07) is 2.45. The fourth-order valence-corrected chi connectivity index (χ4v) is 1.76. The second-order valence-electron chi connectivity index (χ2n) is 4.91. The number of hydrogen-bond acceptors (Lipinski definition) is 2. The molecule has 0 radical (unpaired) electrons. The zero-order valence-corrected chi connectivity index (χ0v) is 11.6. The molecule has 0 bridgehead atoms. The van der Waals surface area contributed by atoms with Crippen molar-refractivity contribution in [2.24, 2.45) is 11.1 Å². The second-order valence-corrected chi connectivity index (χ2v) is 5.82. The first-order valence-electron chi connectivity index (χ1n) is 5.27. The van der Waals surface area contributed by atoms with E-state index in [1.807, 2.05) is 20.8 Å². The molecule has 1 atom stereocenters. The molecular formula is C12H16BrF2NO. The van der Waals surface area contributed by atoms with Gasteiger partial charge >= 0.3 is 0 Å². The van der Waals surface area contributed by atoms with Crippen molar-refractivity contribution >= 4 is 15.9 Å². The minimum Gasteiger partial charge on any atom is -0.485 e. The van der Waals surface area contributed by atoms with Crippen LogP contribution in [-0.2, 0) is 0 Å². The van der Waals surface area contributed by atoms with Crippen molar-refractivity contribution < 1.29 is 13.5 Å². The molecule has 5 heteroatoms. The maximum Gasteiger partial charge on any atom is 0.200 e. The Morgan fingerprint density at radius 2 is 1.94 bits per heavy atom. The van der Waals surface area contributed by atoms with E-state index in [9.17, 15) is 8.78 Å². The number of halogens is 3. The molecular weight excluding hydrogens is 292 g/mol. The van der Waals surface area contributed by atoms with Crippen LogP contribution in [0.15, 0.2) is 16.6 Å². The van der Waals surface area contributed by atoms with Crippen molar-refractivity contribution in [1.29, 1.82) is 0 Å². The highest BCUT2D eigenvalue weighted by Crippen LogP contribution is 2.29. The maximum absolute atomic E-state index is 13.5. The highest BCUT2D eigenvalue weighted by molar-refractivity contribution is 9.10. The van der Waals surface area contributed by atoms with Gasteiger partial charge in [0.25, 0.3) is 0 Å². The molecule has 2 nitrogen and oxygen atoms in total. The van der Waals surface area contributed by atoms with Gasteiger partial charge in [0.1, 0.15) is 6.10 Å². The monoisotopic (exact) mass is 307 g/mol. The molecule has 0 saturated heterocycles. The van der Waals surface area contributed by atoms with E-state index in [0.717, 1.165) is 6.07 Å². The Labute approximate surface area is 108 Å². The van der Waals surface area contributed by atoms with Gasteiger partial charge < -0.3 is 10.5 Å². The van der Waals surface area contributed by atoms with Crippen LogP contribution < -0.4 is 10.5 Å². The van der Waals surface area contributed by atoms with E-state index in [0.29, 0.717) is 4.47 Å². The Bertz CT molecular complexity index is 404. The third-order valence-corrected chi connectivity index (χ3v) is 2.87. The zero-order chi connectivity index (χ0) is 13.2. The van der Waals surface area contributed by atoms with Gasteiger partial charge in [-0.1, -0.05) is 36.7 Å². The standard InChI is InChI=1S/C12H16BrF2NO/c1-12(2,3)10(6-16)17-9-5-7(13)4-8(14)11(9)15/h4-5,10H,6,16H2,1-3H3. The van der Waals surface area contributed by atoms with Crippen molar-refractivity contribution in [3.8, 4) is 5.75 Å². The molecule has 96 valence electrons. The summed E-state index contributed by atoms with van der Waals surface area (Å²) in [4.78, 5) is 0. The van der Waals surface area contributed by atoms with E-state index in [1.165, 1.54) is 6.07 Å². The van der Waals surface area contributed by atoms with Crippen LogP contribution in [0.5, 0.6) is 5.75 Å². The Balaban J connectivity index is 3.02. The number of hydrogen-bond donors (Lipinski definition) is 1. The molecule has 0 saturated carbocycles. The Morgan fingerprint density at radius 3 is 2.41 bits per heavy atom. The first-order valence-corrected chi connectivity index (χ1v) is 6.06. The van der Waals surface area contributed by atoms with Crippen LogP contribution in [0.2, 0.25) is 0 Å². The van der Waals surface area contributed by atoms with Gasteiger partial charge in [-0.25, -0.2) is 4.39 Å². The Kier molecular flexibility index (Phi) is 4.49. The summed E-state index contributed by atoms with van der Waals surface area (Å²) >= 11 is 3.09. The highest BCUT2D eigenvalue weighted by Gasteiger charge is 2.26. The molecule has 1 unspecified atom stereocenters. The van der Waals surface area contributed by atoms with E-state index in [4.69, 9.17) is 10.5 Å². The lowest BCUT2D eigenvalue weighted by molar-refractivity contribution is 0.0889. The van der Waals surface area contributed by atoms with E-state index in [-0.39, 0.29) is 23.8 Å². The topological polar surface area (TPSA) is 35.2 Å². The van der Waals surface area contributed by atoms with Crippen LogP contribution in [0.1, 0.15) is 20.8 Å². The smallest absolute Gasteiger partial charge is 0.200 e. The van der Waals surface area contributed by atoms with E-state index < -0.39 is 11.6 Å². The summed E-state index contributed by atoms with van der Waals surface area (Å²) in [6.45, 7) is 6.02. The van der Waals surface area contributed by atoms with Gasteiger partial charge in [-0.05, 0) is 12.1 Å². The molecule has 0 aliphatic carbocycles. The maximum atomic E-state index is 13.5. The van der Waals surface area contributed by atoms with Crippen LogP contribution in [0, 0.1) is 17.0 Å². The van der Waals surface area contributed by atoms with Crippen molar-refractivity contribution in [3.05, 3.63) is 28.2 Å². The highest BCUT2D eigenvalue weighted by atomic mass is 79.9. The minimum absolute atomic E-state index is 0.123. The van der Waals surface area contributed by atoms with Crippen LogP contribution in [-0.4, -0.2) is 12.6 Å². The lowest BCUT2D eigenvalue weighted by atomic mass is 9.89. The van der Waals surface area contributed by atoms with Crippen molar-refractivity contribution in [2.45, 2.75) is 26.9 Å². The first-order chi connectivity index (χ1) is 7.75. The predicted octanol–water partition coefficient (Wildman–Crippen LogP) is 3.48. The van der Waals surface area contributed by atoms with Crippen molar-refractivity contribution in [2.75, 3.05) is 6.54 Å². The van der Waals surface area contributed by atoms with E-state index >= 15 is 0 Å². The molecule has 0 spiro atoms. The van der Waals surface area contributed by atoms with Gasteiger partial charge in [-0.2, -0.15) is 4.39 Å². The van der Waals surface area contributed by atoms with Gasteiger partial charge in [0.05, 0.1) is 0 Å². The summed E-state index contributed by atoms with van der Waals surface area (Å²) in [5.41, 5.74) is 5.33. The van der Waals surface area contributed by atoms with Crippen molar-refractivity contribution in [3.63, 3.8) is 0 Å². The molecule has 0 heterocycles. The number of ether oxygens (including phenoxy) is 1. The molecule has 17 heavy (non-hydrogen) atoms. The van der Waals surface area contributed by atoms with Crippen LogP contribution in [0.4, 0.5) is 8.78 Å². The first kappa shape index (κ1) is 14.4. The molecule has 1 rings (SSSR count). The molecule has 2 N–H and O–H groups in total. The predicted molar refractivity (Wildman–Crippen MR) is 67.0 cm³/mol. The normalized spacial score (nSPS) is 13.6. The molecule has 1 aromatic carbocycles. The van der Waals surface area contributed by atoms with Gasteiger partial charge in [-0.3, -0.25) is 0 Å². The van der Waals surface area contributed by atoms with Crippen LogP contribution >= 0.6 is 15.9 Å². The summed E-state index contributed by atoms with van der Waals surface area (Å²) in [6.07, 6.45) is -0.384. The number of rotatable bonds is 3. The Hall–Kier alpha value is -0.680. The largest absolute Gasteiger partial charge is 0.485 e. The number of nitrogens with two attached hydrogens (primary N) is 1. The van der Waals surface area contributed by atoms with Gasteiger partial charge in [-0.15, -0.1) is 0 Å². The summed E-state index contributed by atoms with van der Waals surface area (Å²) < 4.78 is 32.6. The second kappa shape index (κ2) is 5.31. The molecule has 0 fully saturated rings. The fourth-order valence-electron chi connectivity index (χ4n) is 1.35. The van der Waals surface area contributed by atoms with Crippen molar-refractivity contribution in [1.82, 2.24) is 0 Å². The van der Waals surface area contributed by atoms with E-state index in [2.05, 4.69) is 15.9 Å². The third kappa shape index (κ3) is 3.64. The fraction of sp³-hybridized carbons (Fsp3) is 0.500. The molecule has 1 aromatic rings. The SMILES string of the molecule is CC(C)(C)C(CN)Oc1cc(Br)cc(F)c1F. The molecule has 0 aromatic heterocycles. The average Bonchev–Trinajstić information content (AvgIpc) is 2.19. The number of benzene rings is 1. The van der Waals surface area contributed by atoms with Gasteiger partial charge in [0.15, 0.2) is 11.6 Å². The molecule has 0 aliphatic rings. The van der Waals surface area contributed by atoms with E-state index in [1.54, 1.807) is 0 Å². The third-order valence-electron chi connectivity index (χ3n) is 2.41. The minimum atomic E-state index is -0.990. The summed E-state index contributed by atoms with van der Waals surface area (Å²) in [5.74, 6) is -2.06. The summed E-state index contributed by atoms with van der Waals surface area (Å²) in [5, 5.41) is 0. The van der Waals surface area contributed by atoms with Crippen LogP contribution in [0.25, 0.3) is 0 Å². The van der Waals surface area contributed by atoms with Crippen LogP contribution in [0.3, 0.4) is 0 Å². The molecule has 0 aliphatic heterocycles. The van der Waals surface area contributed by atoms with Gasteiger partial charge in [0.2, 0.25) is 5.82 Å². The zero-order valence-electron chi connectivity index (χ0n) is 10.1. The molecule has 0 amide bonds. The quantitative estimate of drug-likeness (QED) is 0.868. The summed E-state index contributed by atoms with van der Waals surface area (Å²) in [7, 11) is 0. The Morgan fingerprint density at radius 1 is 1.35 bits per heavy atom.